The number of hydrogen-bond acceptors (Lipinski definition) is 7. The summed E-state index contributed by atoms with van der Waals surface area (Å²) in [4.78, 5) is 24.6. The predicted octanol–water partition coefficient (Wildman–Crippen LogP) is 5.03. The van der Waals surface area contributed by atoms with Gasteiger partial charge in [0.05, 0.1) is 32.0 Å². The van der Waals surface area contributed by atoms with Crippen molar-refractivity contribution in [2.75, 3.05) is 13.7 Å². The molecule has 1 aliphatic heterocycles. The van der Waals surface area contributed by atoms with Gasteiger partial charge in [0.2, 0.25) is 0 Å². The van der Waals surface area contributed by atoms with Crippen molar-refractivity contribution in [1.29, 1.82) is 0 Å². The van der Waals surface area contributed by atoms with E-state index >= 15 is 0 Å². The average Bonchev–Trinajstić information content (AvgIpc) is 3.45. The molecule has 0 amide bonds. The van der Waals surface area contributed by atoms with Gasteiger partial charge >= 0.3 is 11.9 Å². The van der Waals surface area contributed by atoms with Gasteiger partial charge in [-0.05, 0) is 23.8 Å². The minimum Gasteiger partial charge on any atom is -0.466 e. The highest BCUT2D eigenvalue weighted by Gasteiger charge is 2.36. The average molecular weight is 503 g/mol. The lowest BCUT2D eigenvalue weighted by Gasteiger charge is -2.26. The minimum absolute atomic E-state index is 0.244. The van der Waals surface area contributed by atoms with Crippen molar-refractivity contribution in [3.05, 3.63) is 120 Å². The second-order valence-corrected chi connectivity index (χ2v) is 8.51. The Balaban J connectivity index is 1.52. The van der Waals surface area contributed by atoms with Gasteiger partial charge in [0, 0.05) is 18.1 Å². The molecule has 1 fully saturated rings. The number of esters is 2. The molecule has 0 radical (unpaired) electrons. The lowest BCUT2D eigenvalue weighted by atomic mass is 10.1. The summed E-state index contributed by atoms with van der Waals surface area (Å²) < 4.78 is 29.0. The third-order valence-corrected chi connectivity index (χ3v) is 5.88. The molecule has 0 saturated carbocycles. The lowest BCUT2D eigenvalue weighted by molar-refractivity contribution is -0.134. The van der Waals surface area contributed by atoms with E-state index in [2.05, 4.69) is 0 Å². The number of methoxy groups -OCH3 is 1. The monoisotopic (exact) mass is 502 g/mol. The van der Waals surface area contributed by atoms with Crippen LogP contribution in [0.5, 0.6) is 0 Å². The topological polar surface area (TPSA) is 80.3 Å². The fourth-order valence-electron chi connectivity index (χ4n) is 3.93. The van der Waals surface area contributed by atoms with Gasteiger partial charge in [-0.2, -0.15) is 0 Å². The molecule has 7 nitrogen and oxygen atoms in total. The van der Waals surface area contributed by atoms with Crippen molar-refractivity contribution < 1.29 is 33.3 Å². The van der Waals surface area contributed by atoms with Crippen LogP contribution in [0.15, 0.2) is 103 Å². The number of hydrogen-bond donors (Lipinski definition) is 0. The number of carbonyl (C=O) groups is 2. The largest absolute Gasteiger partial charge is 0.466 e. The molecule has 3 aromatic carbocycles. The summed E-state index contributed by atoms with van der Waals surface area (Å²) in [7, 11) is 1.29. The third kappa shape index (κ3) is 7.85. The molecular weight excluding hydrogens is 472 g/mol. The van der Waals surface area contributed by atoms with E-state index in [-0.39, 0.29) is 6.42 Å². The highest BCUT2D eigenvalue weighted by atomic mass is 16.7. The first-order valence-corrected chi connectivity index (χ1v) is 12.1. The highest BCUT2D eigenvalue weighted by molar-refractivity contribution is 5.89. The molecule has 192 valence electrons. The fraction of sp³-hybridized carbons (Fsp3) is 0.267. The summed E-state index contributed by atoms with van der Waals surface area (Å²) in [6.07, 6.45) is 0.792. The molecule has 4 rings (SSSR count). The van der Waals surface area contributed by atoms with Crippen LogP contribution in [0.3, 0.4) is 0 Å². The molecule has 1 saturated heterocycles. The van der Waals surface area contributed by atoms with Crippen molar-refractivity contribution in [1.82, 2.24) is 0 Å². The first-order chi connectivity index (χ1) is 18.1. The highest BCUT2D eigenvalue weighted by Crippen LogP contribution is 2.31. The molecule has 0 bridgehead atoms. The molecule has 0 N–H and O–H groups in total. The van der Waals surface area contributed by atoms with Crippen LogP contribution < -0.4 is 0 Å². The van der Waals surface area contributed by atoms with Crippen LogP contribution in [-0.4, -0.2) is 44.0 Å². The Hall–Kier alpha value is -3.78. The number of rotatable bonds is 11. The molecule has 0 spiro atoms. The van der Waals surface area contributed by atoms with Crippen LogP contribution >= 0.6 is 0 Å². The number of ether oxygens (including phenoxy) is 5. The lowest BCUT2D eigenvalue weighted by Crippen LogP contribution is -2.35. The number of benzene rings is 3. The van der Waals surface area contributed by atoms with E-state index in [4.69, 9.17) is 23.7 Å². The van der Waals surface area contributed by atoms with Crippen LogP contribution in [0.25, 0.3) is 0 Å². The standard InChI is InChI=1S/C30H30O7/c1-33-28(31)18-17-25(36-29(32)23-13-7-3-8-14-23)19-26(34-20-22-11-5-2-6-12-22)27-21-35-30(37-27)24-15-9-4-10-16-24/h2-18,25-27,30H,19-21H2,1H3/b18-17+/t25-,26-,27+,30?/m1/s1. The SMILES string of the molecule is COC(=O)/C=C/[C@H](C[C@@H](OCc1ccccc1)[C@@H]1COC(c2ccccc2)O1)OC(=O)c1ccccc1. The maximum atomic E-state index is 12.8. The van der Waals surface area contributed by atoms with E-state index in [9.17, 15) is 9.59 Å². The first kappa shape index (κ1) is 26.3. The third-order valence-electron chi connectivity index (χ3n) is 5.88. The normalized spacial score (nSPS) is 18.8. The van der Waals surface area contributed by atoms with Gasteiger partial charge in [-0.25, -0.2) is 9.59 Å². The Morgan fingerprint density at radius 1 is 0.946 bits per heavy atom. The summed E-state index contributed by atoms with van der Waals surface area (Å²) in [5.74, 6) is -1.06. The summed E-state index contributed by atoms with van der Waals surface area (Å²) in [6, 6.07) is 28.1. The Kier molecular flexibility index (Phi) is 9.60. The molecule has 7 heteroatoms. The second-order valence-electron chi connectivity index (χ2n) is 8.51. The quantitative estimate of drug-likeness (QED) is 0.269. The van der Waals surface area contributed by atoms with Crippen LogP contribution in [0.1, 0.15) is 34.2 Å². The maximum Gasteiger partial charge on any atom is 0.338 e. The molecule has 0 aromatic heterocycles. The Labute approximate surface area is 216 Å². The van der Waals surface area contributed by atoms with Gasteiger partial charge < -0.3 is 23.7 Å². The smallest absolute Gasteiger partial charge is 0.338 e. The van der Waals surface area contributed by atoms with E-state index < -0.39 is 36.5 Å². The molecular formula is C30H30O7. The van der Waals surface area contributed by atoms with Gasteiger partial charge in [-0.3, -0.25) is 0 Å². The predicted molar refractivity (Wildman–Crippen MR) is 136 cm³/mol. The molecule has 1 aliphatic rings. The van der Waals surface area contributed by atoms with Gasteiger partial charge in [-0.1, -0.05) is 78.9 Å². The van der Waals surface area contributed by atoms with E-state index in [1.807, 2.05) is 66.7 Å². The van der Waals surface area contributed by atoms with E-state index in [1.54, 1.807) is 24.3 Å². The first-order valence-electron chi connectivity index (χ1n) is 12.1. The van der Waals surface area contributed by atoms with Gasteiger partial charge in [-0.15, -0.1) is 0 Å². The van der Waals surface area contributed by atoms with Gasteiger partial charge in [0.25, 0.3) is 0 Å². The van der Waals surface area contributed by atoms with Crippen LogP contribution in [0, 0.1) is 0 Å². The van der Waals surface area contributed by atoms with Crippen LogP contribution in [0.2, 0.25) is 0 Å². The zero-order valence-electron chi connectivity index (χ0n) is 20.6. The van der Waals surface area contributed by atoms with Crippen molar-refractivity contribution in [2.45, 2.75) is 37.6 Å². The van der Waals surface area contributed by atoms with Crippen molar-refractivity contribution in [2.24, 2.45) is 0 Å². The Bertz CT molecular complexity index is 1150. The molecule has 1 heterocycles. The summed E-state index contributed by atoms with van der Waals surface area (Å²) in [5.41, 5.74) is 2.31. The van der Waals surface area contributed by atoms with Crippen LogP contribution in [-0.2, 0) is 35.1 Å². The molecule has 3 aromatic rings. The molecule has 37 heavy (non-hydrogen) atoms. The zero-order valence-corrected chi connectivity index (χ0v) is 20.6. The molecule has 0 aliphatic carbocycles. The van der Waals surface area contributed by atoms with Gasteiger partial charge in [0.1, 0.15) is 12.2 Å². The number of carbonyl (C=O) groups excluding carboxylic acids is 2. The van der Waals surface area contributed by atoms with Crippen molar-refractivity contribution in [3.63, 3.8) is 0 Å². The summed E-state index contributed by atoms with van der Waals surface area (Å²) in [5, 5.41) is 0. The fourth-order valence-corrected chi connectivity index (χ4v) is 3.93. The van der Waals surface area contributed by atoms with E-state index in [1.165, 1.54) is 19.3 Å². The summed E-state index contributed by atoms with van der Waals surface area (Å²) in [6.45, 7) is 0.639. The van der Waals surface area contributed by atoms with Crippen molar-refractivity contribution >= 4 is 11.9 Å². The minimum atomic E-state index is -0.771. The van der Waals surface area contributed by atoms with Crippen LogP contribution in [0.4, 0.5) is 0 Å². The Morgan fingerprint density at radius 2 is 1.59 bits per heavy atom. The summed E-state index contributed by atoms with van der Waals surface area (Å²) >= 11 is 0. The zero-order chi connectivity index (χ0) is 25.9. The van der Waals surface area contributed by atoms with Crippen molar-refractivity contribution in [3.8, 4) is 0 Å². The van der Waals surface area contributed by atoms with Gasteiger partial charge in [0.15, 0.2) is 6.29 Å². The Morgan fingerprint density at radius 3 is 2.27 bits per heavy atom. The van der Waals surface area contributed by atoms with E-state index in [0.717, 1.165) is 11.1 Å². The van der Waals surface area contributed by atoms with E-state index in [0.29, 0.717) is 18.8 Å². The second kappa shape index (κ2) is 13.5. The molecule has 4 atom stereocenters. The molecule has 1 unspecified atom stereocenters. The maximum absolute atomic E-state index is 12.8.